The van der Waals surface area contributed by atoms with E-state index in [2.05, 4.69) is 175 Å². The minimum Gasteiger partial charge on any atom is -0.497 e. The van der Waals surface area contributed by atoms with Crippen LogP contribution in [0.2, 0.25) is 0 Å². The number of ether oxygens (including phenoxy) is 3. The van der Waals surface area contributed by atoms with Crippen molar-refractivity contribution in [3.8, 4) is 50.6 Å². The molecule has 4 heteroatoms. The van der Waals surface area contributed by atoms with Crippen molar-refractivity contribution >= 4 is 55.4 Å². The van der Waals surface area contributed by atoms with E-state index in [0.29, 0.717) is 0 Å². The summed E-state index contributed by atoms with van der Waals surface area (Å²) in [6, 6.07) is 49.3. The molecule has 9 rings (SSSR count). The molecule has 0 N–H and O–H groups in total. The Morgan fingerprint density at radius 1 is 0.339 bits per heavy atom. The van der Waals surface area contributed by atoms with E-state index in [9.17, 15) is 0 Å². The third-order valence-electron chi connectivity index (χ3n) is 12.5. The summed E-state index contributed by atoms with van der Waals surface area (Å²) in [7, 11) is 5.17. The van der Waals surface area contributed by atoms with Gasteiger partial charge in [0.25, 0.3) is 0 Å². The van der Waals surface area contributed by atoms with E-state index in [1.807, 2.05) is 0 Å². The first-order valence-corrected chi connectivity index (χ1v) is 20.5. The maximum Gasteiger partial charge on any atom is 0.243 e. The number of aryl methyl sites for hydroxylation is 6. The van der Waals surface area contributed by atoms with Crippen LogP contribution >= 0.6 is 0 Å². The highest BCUT2D eigenvalue weighted by atomic mass is 16.5. The molecule has 59 heavy (non-hydrogen) atoms. The topological polar surface area (TPSA) is 27.7 Å². The molecule has 0 aliphatic heterocycles. The van der Waals surface area contributed by atoms with Crippen LogP contribution in [0.3, 0.4) is 0 Å². The molecule has 0 saturated carbocycles. The lowest BCUT2D eigenvalue weighted by molar-refractivity contribution is 0.415. The Morgan fingerprint density at radius 3 is 0.983 bits per heavy atom. The van der Waals surface area contributed by atoms with Crippen molar-refractivity contribution in [2.75, 3.05) is 21.3 Å². The fourth-order valence-electron chi connectivity index (χ4n) is 10.0. The molecule has 0 spiro atoms. The van der Waals surface area contributed by atoms with Crippen LogP contribution in [0.15, 0.2) is 133 Å². The van der Waals surface area contributed by atoms with Crippen molar-refractivity contribution in [2.24, 2.45) is 0 Å². The van der Waals surface area contributed by atoms with Crippen LogP contribution in [-0.4, -0.2) is 28.0 Å². The standard InChI is InChI=1S/C55H49BO3/c1-32-26-34(3)54(35(4)27-32)56(55-36(5)28-33(2)29-37(55)6)51-31-50(40-14-20-43(59-9)21-15-40)46-23-22-44-48(38-10-16-41(57-7)17-11-38)30-49(39-12-18-42(58-8)19-13-39)45-24-25-47(51)53(46)52(44)45/h10-31H,1-9H3. The first-order valence-electron chi connectivity index (χ1n) is 20.5. The summed E-state index contributed by atoms with van der Waals surface area (Å²) in [5.41, 5.74) is 18.9. The SMILES string of the molecule is COc1ccc(-c2cc(B(c3c(C)cc(C)cc3C)c3c(C)cc(C)cc3C)c3ccc4c(-c5ccc(OC)cc5)cc(-c5ccc(OC)cc5)c5ccc2c3c45)cc1. The van der Waals surface area contributed by atoms with Gasteiger partial charge in [-0.15, -0.1) is 0 Å². The zero-order chi connectivity index (χ0) is 41.1. The molecule has 3 nitrogen and oxygen atoms in total. The van der Waals surface area contributed by atoms with E-state index in [1.54, 1.807) is 21.3 Å². The van der Waals surface area contributed by atoms with Crippen molar-refractivity contribution in [3.05, 3.63) is 167 Å². The Morgan fingerprint density at radius 2 is 0.644 bits per heavy atom. The summed E-state index contributed by atoms with van der Waals surface area (Å²) in [5.74, 6) is 2.52. The minimum absolute atomic E-state index is 0.0140. The van der Waals surface area contributed by atoms with Crippen LogP contribution in [0, 0.1) is 41.5 Å². The minimum atomic E-state index is -0.0140. The maximum atomic E-state index is 5.66. The molecule has 290 valence electrons. The number of hydrogen-bond acceptors (Lipinski definition) is 3. The molecule has 0 unspecified atom stereocenters. The molecule has 9 aromatic carbocycles. The largest absolute Gasteiger partial charge is 0.497 e. The predicted molar refractivity (Wildman–Crippen MR) is 252 cm³/mol. The van der Waals surface area contributed by atoms with Crippen molar-refractivity contribution in [2.45, 2.75) is 41.5 Å². The molecule has 0 aliphatic rings. The number of benzene rings is 9. The van der Waals surface area contributed by atoms with Gasteiger partial charge in [-0.1, -0.05) is 141 Å². The molecular weight excluding hydrogens is 719 g/mol. The summed E-state index contributed by atoms with van der Waals surface area (Å²) in [4.78, 5) is 0. The summed E-state index contributed by atoms with van der Waals surface area (Å²) >= 11 is 0. The first-order chi connectivity index (χ1) is 28.6. The number of methoxy groups -OCH3 is 3. The molecule has 0 heterocycles. The van der Waals surface area contributed by atoms with Gasteiger partial charge in [0.05, 0.1) is 21.3 Å². The predicted octanol–water partition coefficient (Wildman–Crippen LogP) is 12.0. The summed E-state index contributed by atoms with van der Waals surface area (Å²) in [5, 5.41) is 7.49. The van der Waals surface area contributed by atoms with Gasteiger partial charge in [-0.2, -0.15) is 0 Å². The van der Waals surface area contributed by atoms with Crippen molar-refractivity contribution in [1.82, 2.24) is 0 Å². The Hall–Kier alpha value is -6.52. The van der Waals surface area contributed by atoms with E-state index < -0.39 is 0 Å². The van der Waals surface area contributed by atoms with Gasteiger partial charge >= 0.3 is 0 Å². The third kappa shape index (κ3) is 6.48. The highest BCUT2D eigenvalue weighted by Crippen LogP contribution is 2.46. The zero-order valence-corrected chi connectivity index (χ0v) is 35.5. The molecule has 0 aromatic heterocycles. The summed E-state index contributed by atoms with van der Waals surface area (Å²) in [6.07, 6.45) is 0. The van der Waals surface area contributed by atoms with Crippen LogP contribution in [0.1, 0.15) is 33.4 Å². The molecule has 0 bridgehead atoms. The molecule has 0 aliphatic carbocycles. The van der Waals surface area contributed by atoms with E-state index in [1.165, 1.54) is 98.8 Å². The molecule has 9 aromatic rings. The lowest BCUT2D eigenvalue weighted by atomic mass is 9.33. The third-order valence-corrected chi connectivity index (χ3v) is 12.5. The quantitative estimate of drug-likeness (QED) is 0.108. The van der Waals surface area contributed by atoms with Gasteiger partial charge in [-0.3, -0.25) is 0 Å². The lowest BCUT2D eigenvalue weighted by Gasteiger charge is -2.28. The molecule has 0 amide bonds. The van der Waals surface area contributed by atoms with E-state index >= 15 is 0 Å². The van der Waals surface area contributed by atoms with Crippen LogP contribution in [0.5, 0.6) is 17.2 Å². The monoisotopic (exact) mass is 768 g/mol. The zero-order valence-electron chi connectivity index (χ0n) is 35.5. The summed E-state index contributed by atoms with van der Waals surface area (Å²) < 4.78 is 16.9. The Labute approximate surface area is 348 Å². The number of hydrogen-bond donors (Lipinski definition) is 0. The van der Waals surface area contributed by atoms with Crippen LogP contribution in [0.25, 0.3) is 65.7 Å². The second-order valence-corrected chi connectivity index (χ2v) is 16.3. The van der Waals surface area contributed by atoms with Crippen LogP contribution in [0.4, 0.5) is 0 Å². The lowest BCUT2D eigenvalue weighted by Crippen LogP contribution is -2.56. The average Bonchev–Trinajstić information content (AvgIpc) is 3.24. The fraction of sp³-hybridized carbons (Fsp3) is 0.164. The Kier molecular flexibility index (Phi) is 9.68. The molecule has 0 fully saturated rings. The summed E-state index contributed by atoms with van der Waals surface area (Å²) in [6.45, 7) is 13.6. The first kappa shape index (κ1) is 38.0. The highest BCUT2D eigenvalue weighted by molar-refractivity contribution is 6.98. The number of rotatable bonds is 9. The molecule has 0 atom stereocenters. The normalized spacial score (nSPS) is 11.5. The fourth-order valence-corrected chi connectivity index (χ4v) is 10.0. The van der Waals surface area contributed by atoms with Crippen molar-refractivity contribution in [3.63, 3.8) is 0 Å². The van der Waals surface area contributed by atoms with Gasteiger partial charge < -0.3 is 14.2 Å². The highest BCUT2D eigenvalue weighted by Gasteiger charge is 2.32. The van der Waals surface area contributed by atoms with Gasteiger partial charge in [0, 0.05) is 0 Å². The van der Waals surface area contributed by atoms with Crippen molar-refractivity contribution in [1.29, 1.82) is 0 Å². The molecular formula is C55H49BO3. The van der Waals surface area contributed by atoms with Gasteiger partial charge in [0.2, 0.25) is 6.71 Å². The molecule has 0 radical (unpaired) electrons. The Bertz CT molecular complexity index is 2860. The van der Waals surface area contributed by atoms with Gasteiger partial charge in [-0.25, -0.2) is 0 Å². The average molecular weight is 769 g/mol. The maximum absolute atomic E-state index is 5.66. The smallest absolute Gasteiger partial charge is 0.243 e. The van der Waals surface area contributed by atoms with Gasteiger partial charge in [0.1, 0.15) is 17.2 Å². The van der Waals surface area contributed by atoms with Gasteiger partial charge in [0.15, 0.2) is 0 Å². The van der Waals surface area contributed by atoms with E-state index in [-0.39, 0.29) is 6.71 Å². The van der Waals surface area contributed by atoms with Crippen molar-refractivity contribution < 1.29 is 14.2 Å². The second-order valence-electron chi connectivity index (χ2n) is 16.3. The van der Waals surface area contributed by atoms with Crippen LogP contribution < -0.4 is 30.6 Å². The second kappa shape index (κ2) is 15.0. The van der Waals surface area contributed by atoms with E-state index in [4.69, 9.17) is 14.2 Å². The van der Waals surface area contributed by atoms with Crippen LogP contribution in [-0.2, 0) is 0 Å². The Balaban J connectivity index is 1.48. The van der Waals surface area contributed by atoms with E-state index in [0.717, 1.165) is 33.9 Å². The molecule has 0 saturated heterocycles. The van der Waals surface area contributed by atoms with Gasteiger partial charge in [-0.05, 0) is 150 Å².